The highest BCUT2D eigenvalue weighted by Gasteiger charge is 2.44. The summed E-state index contributed by atoms with van der Waals surface area (Å²) in [6.07, 6.45) is 2.96. The summed E-state index contributed by atoms with van der Waals surface area (Å²) in [5.74, 6) is -0.893. The van der Waals surface area contributed by atoms with Crippen LogP contribution in [0, 0.1) is 12.3 Å². The third-order valence-corrected chi connectivity index (χ3v) is 13.9. The number of amides is 5. The Bertz CT molecular complexity index is 2080. The maximum atomic E-state index is 14.1. The molecule has 0 unspecified atom stereocenters. The maximum Gasteiger partial charge on any atom is 0.265 e. The number of nitrogens with zero attached hydrogens (tertiary/aromatic N) is 6. The number of likely N-dealkylation sites (tertiary alicyclic amines) is 1. The Morgan fingerprint density at radius 2 is 1.55 bits per heavy atom. The highest BCUT2D eigenvalue weighted by Crippen LogP contribution is 2.30. The van der Waals surface area contributed by atoms with Crippen LogP contribution in [0.25, 0.3) is 10.4 Å². The first-order valence-corrected chi connectivity index (χ1v) is 24.7. The quantitative estimate of drug-likeness (QED) is 0.0868. The summed E-state index contributed by atoms with van der Waals surface area (Å²) in [5.41, 5.74) is 11.5. The zero-order valence-corrected chi connectivity index (χ0v) is 40.6. The van der Waals surface area contributed by atoms with E-state index in [0.29, 0.717) is 31.6 Å². The largest absolute Gasteiger partial charge is 0.391 e. The van der Waals surface area contributed by atoms with Gasteiger partial charge in [0.05, 0.1) is 34.8 Å². The van der Waals surface area contributed by atoms with Crippen LogP contribution < -0.4 is 26.4 Å². The van der Waals surface area contributed by atoms with Crippen molar-refractivity contribution in [3.8, 4) is 10.4 Å². The van der Waals surface area contributed by atoms with Crippen LogP contribution in [-0.2, 0) is 19.2 Å². The number of thiazole rings is 1. The summed E-state index contributed by atoms with van der Waals surface area (Å²) in [4.78, 5) is 82.4. The monoisotopic (exact) mass is 929 g/mol. The molecule has 3 fully saturated rings. The Morgan fingerprint density at radius 3 is 2.18 bits per heavy atom. The molecular formula is C49H72N10O6S. The second kappa shape index (κ2) is 23.7. The predicted molar refractivity (Wildman–Crippen MR) is 259 cm³/mol. The minimum Gasteiger partial charge on any atom is -0.391 e. The summed E-state index contributed by atoms with van der Waals surface area (Å²) < 4.78 is 0. The second-order valence-corrected chi connectivity index (χ2v) is 20.0. The molecule has 0 saturated carbocycles. The van der Waals surface area contributed by atoms with Crippen LogP contribution in [0.1, 0.15) is 101 Å². The Morgan fingerprint density at radius 1 is 0.864 bits per heavy atom. The lowest BCUT2D eigenvalue weighted by atomic mass is 9.85. The number of hydrazine groups is 1. The number of hydrogen-bond donors (Lipinski definition) is 5. The van der Waals surface area contributed by atoms with Crippen LogP contribution in [0.2, 0.25) is 0 Å². The number of piperazine rings is 2. The highest BCUT2D eigenvalue weighted by atomic mass is 32.1. The van der Waals surface area contributed by atoms with Crippen LogP contribution in [0.5, 0.6) is 0 Å². The molecule has 66 heavy (non-hydrogen) atoms. The fourth-order valence-electron chi connectivity index (χ4n) is 8.89. The zero-order valence-electron chi connectivity index (χ0n) is 39.8. The van der Waals surface area contributed by atoms with Crippen molar-refractivity contribution >= 4 is 46.6 Å². The lowest BCUT2D eigenvalue weighted by Crippen LogP contribution is -2.57. The average Bonchev–Trinajstić information content (AvgIpc) is 3.93. The Kier molecular flexibility index (Phi) is 18.1. The number of β-amino-alcohol motifs (C(OH)–C–C–N with tert-alkyl or cyclic N) is 1. The molecule has 3 aliphatic heterocycles. The first-order chi connectivity index (χ1) is 31.6. The molecule has 17 heteroatoms. The predicted octanol–water partition coefficient (Wildman–Crippen LogP) is 3.96. The number of carbonyl (C=O) groups excluding carboxylic acids is 5. The number of nitrogens with one attached hydrogen (secondary N) is 4. The van der Waals surface area contributed by atoms with Gasteiger partial charge in [-0.05, 0) is 80.5 Å². The molecule has 2 aromatic carbocycles. The Labute approximate surface area is 394 Å². The van der Waals surface area contributed by atoms with Gasteiger partial charge in [-0.3, -0.25) is 39.2 Å². The molecule has 3 aromatic rings. The van der Waals surface area contributed by atoms with Crippen molar-refractivity contribution in [1.82, 2.24) is 46.1 Å². The van der Waals surface area contributed by atoms with E-state index in [4.69, 9.17) is 0 Å². The molecule has 6 rings (SSSR count). The number of carbonyl (C=O) groups is 5. The number of anilines is 1. The molecule has 3 saturated heterocycles. The van der Waals surface area contributed by atoms with Gasteiger partial charge in [-0.25, -0.2) is 10.4 Å². The van der Waals surface area contributed by atoms with Gasteiger partial charge in [-0.1, -0.05) is 58.4 Å². The lowest BCUT2D eigenvalue weighted by Gasteiger charge is -2.38. The van der Waals surface area contributed by atoms with Gasteiger partial charge in [0, 0.05) is 89.5 Å². The van der Waals surface area contributed by atoms with E-state index in [1.807, 2.05) is 100 Å². The third-order valence-electron chi connectivity index (χ3n) is 13.0. The van der Waals surface area contributed by atoms with Crippen molar-refractivity contribution < 1.29 is 29.1 Å². The minimum atomic E-state index is -0.868. The van der Waals surface area contributed by atoms with Gasteiger partial charge in [0.25, 0.3) is 5.91 Å². The van der Waals surface area contributed by atoms with Gasteiger partial charge >= 0.3 is 0 Å². The Balaban J connectivity index is 0.866. The van der Waals surface area contributed by atoms with Crippen molar-refractivity contribution in [2.75, 3.05) is 83.4 Å². The molecule has 4 atom stereocenters. The molecule has 0 radical (unpaired) electrons. The maximum absolute atomic E-state index is 14.1. The molecule has 360 valence electrons. The first-order valence-electron chi connectivity index (χ1n) is 23.8. The molecule has 16 nitrogen and oxygen atoms in total. The van der Waals surface area contributed by atoms with Gasteiger partial charge in [0.1, 0.15) is 12.1 Å². The molecule has 1 aromatic heterocycles. The molecular weight excluding hydrogens is 857 g/mol. The number of aryl methyl sites for hydroxylation is 1. The number of rotatable bonds is 19. The second-order valence-electron chi connectivity index (χ2n) is 19.1. The van der Waals surface area contributed by atoms with Gasteiger partial charge < -0.3 is 30.4 Å². The van der Waals surface area contributed by atoms with Crippen LogP contribution in [0.4, 0.5) is 5.69 Å². The summed E-state index contributed by atoms with van der Waals surface area (Å²) in [6.45, 7) is 19.9. The number of hydrogen-bond acceptors (Lipinski definition) is 12. The van der Waals surface area contributed by atoms with Crippen molar-refractivity contribution in [3.05, 3.63) is 70.9 Å². The van der Waals surface area contributed by atoms with Crippen molar-refractivity contribution in [1.29, 1.82) is 0 Å². The van der Waals surface area contributed by atoms with E-state index in [1.165, 1.54) is 4.90 Å². The zero-order chi connectivity index (χ0) is 47.4. The van der Waals surface area contributed by atoms with E-state index < -0.39 is 23.6 Å². The molecule has 0 spiro atoms. The Hall–Kier alpha value is -4.94. The fourth-order valence-corrected chi connectivity index (χ4v) is 9.70. The van der Waals surface area contributed by atoms with E-state index in [-0.39, 0.29) is 55.0 Å². The highest BCUT2D eigenvalue weighted by molar-refractivity contribution is 7.13. The number of aliphatic hydroxyl groups is 1. The lowest BCUT2D eigenvalue weighted by molar-refractivity contribution is -0.144. The standard InChI is InChI=1S/C49H72N10O6S/c1-7-20-51-54-46(63)38-16-18-39(19-17-38)57-26-24-56(25-27-57)32-43(62)58-28-22-55(23-29-58)21-10-8-9-11-42(61)53-45(49(4,5)6)48(65)59-31-40(60)30-41(59)47(64)52-34(2)36-12-14-37(15-13-36)44-35(3)50-33-66-44/h12-19,33-34,40-41,45,51,60H,7-11,20-32H2,1-6H3,(H,52,64)(H,53,61)(H,54,63)/t34-,40+,41-,45+/m0/s1. The van der Waals surface area contributed by atoms with E-state index in [2.05, 4.69) is 41.2 Å². The molecule has 0 aliphatic carbocycles. The van der Waals surface area contributed by atoms with Crippen LogP contribution in [-0.4, -0.2) is 156 Å². The van der Waals surface area contributed by atoms with E-state index in [1.54, 1.807) is 11.3 Å². The van der Waals surface area contributed by atoms with E-state index in [9.17, 15) is 29.1 Å². The van der Waals surface area contributed by atoms with Crippen LogP contribution in [0.3, 0.4) is 0 Å². The normalized spacial score (nSPS) is 19.3. The summed E-state index contributed by atoms with van der Waals surface area (Å²) >= 11 is 1.58. The smallest absolute Gasteiger partial charge is 0.265 e. The summed E-state index contributed by atoms with van der Waals surface area (Å²) in [6, 6.07) is 13.6. The molecule has 0 bridgehead atoms. The van der Waals surface area contributed by atoms with Crippen molar-refractivity contribution in [2.24, 2.45) is 5.41 Å². The average molecular weight is 929 g/mol. The number of benzene rings is 2. The van der Waals surface area contributed by atoms with Gasteiger partial charge in [-0.15, -0.1) is 11.3 Å². The molecule has 5 N–H and O–H groups in total. The van der Waals surface area contributed by atoms with E-state index in [0.717, 1.165) is 99.0 Å². The van der Waals surface area contributed by atoms with Crippen LogP contribution >= 0.6 is 11.3 Å². The number of unbranched alkanes of at least 4 members (excludes halogenated alkanes) is 2. The molecule has 3 aliphatic rings. The SMILES string of the molecule is CCCNNC(=O)c1ccc(N2CCN(CC(=O)N3CCN(CCCCCC(=O)N[C@H](C(=O)N4C[C@H](O)C[C@H]4C(=O)N[C@@H](C)c4ccc(-c5scnc5C)cc4)C(C)(C)C)CC3)CC2)cc1. The number of aromatic nitrogens is 1. The van der Waals surface area contributed by atoms with Gasteiger partial charge in [0.15, 0.2) is 0 Å². The van der Waals surface area contributed by atoms with Gasteiger partial charge in [-0.2, -0.15) is 0 Å². The minimum absolute atomic E-state index is 0.0229. The summed E-state index contributed by atoms with van der Waals surface area (Å²) in [7, 11) is 0. The van der Waals surface area contributed by atoms with E-state index >= 15 is 0 Å². The van der Waals surface area contributed by atoms with Crippen molar-refractivity contribution in [3.63, 3.8) is 0 Å². The fraction of sp³-hybridized carbons (Fsp3) is 0.592. The summed E-state index contributed by atoms with van der Waals surface area (Å²) in [5, 5.41) is 16.7. The molecule has 4 heterocycles. The number of aliphatic hydroxyl groups excluding tert-OH is 1. The van der Waals surface area contributed by atoms with Gasteiger partial charge in [0.2, 0.25) is 23.6 Å². The third kappa shape index (κ3) is 13.8. The topological polar surface area (TPSA) is 183 Å². The van der Waals surface area contributed by atoms with Crippen molar-refractivity contribution in [2.45, 2.75) is 104 Å². The molecule has 5 amide bonds. The first kappa shape index (κ1) is 50.5. The van der Waals surface area contributed by atoms with Crippen LogP contribution in [0.15, 0.2) is 54.0 Å².